The molecule has 0 bridgehead atoms. The van der Waals surface area contributed by atoms with Crippen molar-refractivity contribution in [3.63, 3.8) is 0 Å². The van der Waals surface area contributed by atoms with Crippen molar-refractivity contribution in [2.45, 2.75) is 31.0 Å². The van der Waals surface area contributed by atoms with Gasteiger partial charge in [-0.05, 0) is 65.2 Å². The van der Waals surface area contributed by atoms with E-state index in [1.54, 1.807) is 7.11 Å². The van der Waals surface area contributed by atoms with E-state index in [0.29, 0.717) is 43.4 Å². The predicted octanol–water partition coefficient (Wildman–Crippen LogP) is 5.34. The Morgan fingerprint density at radius 1 is 0.932 bits per heavy atom. The first-order chi connectivity index (χ1) is 21.4. The number of amides is 1. The number of nitrogens with one attached hydrogen (secondary N) is 1. The molecule has 0 fully saturated rings. The van der Waals surface area contributed by atoms with Gasteiger partial charge in [-0.1, -0.05) is 54.6 Å². The molecule has 228 valence electrons. The van der Waals surface area contributed by atoms with Crippen molar-refractivity contribution in [3.05, 3.63) is 125 Å². The van der Waals surface area contributed by atoms with Crippen molar-refractivity contribution in [3.8, 4) is 11.5 Å². The van der Waals surface area contributed by atoms with Crippen LogP contribution in [0.5, 0.6) is 11.5 Å². The Bertz CT molecular complexity index is 1560. The molecular formula is C36H39N3O5. The van der Waals surface area contributed by atoms with Crippen molar-refractivity contribution in [2.75, 3.05) is 39.3 Å². The SMILES string of the molecule is COc1cccc([C@H]2OC(c3ccc(OCCCO)cc3)=N[C@@]2(Cc2ccccc2)C(=O)NCc2ccc(N(C)C)cc2)c1. The van der Waals surface area contributed by atoms with Crippen LogP contribution < -0.4 is 19.7 Å². The summed E-state index contributed by atoms with van der Waals surface area (Å²) in [6, 6.07) is 33.0. The van der Waals surface area contributed by atoms with E-state index in [0.717, 1.165) is 27.9 Å². The van der Waals surface area contributed by atoms with Crippen LogP contribution in [0.25, 0.3) is 0 Å². The number of hydrogen-bond donors (Lipinski definition) is 2. The molecule has 4 aromatic rings. The molecule has 1 heterocycles. The lowest BCUT2D eigenvalue weighted by Crippen LogP contribution is -2.49. The normalized spacial score (nSPS) is 17.4. The van der Waals surface area contributed by atoms with Crippen molar-refractivity contribution < 1.29 is 24.1 Å². The van der Waals surface area contributed by atoms with Crippen LogP contribution >= 0.6 is 0 Å². The van der Waals surface area contributed by atoms with Gasteiger partial charge >= 0.3 is 0 Å². The molecule has 1 aliphatic heterocycles. The molecule has 1 aliphatic rings. The first-order valence-electron chi connectivity index (χ1n) is 14.7. The van der Waals surface area contributed by atoms with Crippen LogP contribution in [0.1, 0.15) is 34.8 Å². The first-order valence-corrected chi connectivity index (χ1v) is 14.7. The first kappa shape index (κ1) is 30.6. The van der Waals surface area contributed by atoms with Crippen LogP contribution in [0.15, 0.2) is 108 Å². The molecule has 44 heavy (non-hydrogen) atoms. The zero-order valence-electron chi connectivity index (χ0n) is 25.4. The fraction of sp³-hybridized carbons (Fsp3) is 0.278. The number of rotatable bonds is 13. The van der Waals surface area contributed by atoms with Gasteiger partial charge < -0.3 is 29.5 Å². The molecule has 0 aliphatic carbocycles. The maximum Gasteiger partial charge on any atom is 0.252 e. The number of methoxy groups -OCH3 is 1. The van der Waals surface area contributed by atoms with E-state index in [-0.39, 0.29) is 12.5 Å². The number of hydrogen-bond acceptors (Lipinski definition) is 7. The lowest BCUT2D eigenvalue weighted by atomic mass is 9.82. The number of ether oxygens (including phenoxy) is 3. The van der Waals surface area contributed by atoms with Gasteiger partial charge in [-0.15, -0.1) is 0 Å². The molecule has 2 atom stereocenters. The van der Waals surface area contributed by atoms with Crippen molar-refractivity contribution >= 4 is 17.5 Å². The molecule has 5 rings (SSSR count). The molecule has 0 saturated heterocycles. The van der Waals surface area contributed by atoms with E-state index >= 15 is 0 Å². The number of aliphatic hydroxyl groups excluding tert-OH is 1. The largest absolute Gasteiger partial charge is 0.497 e. The summed E-state index contributed by atoms with van der Waals surface area (Å²) in [5.74, 6) is 1.49. The van der Waals surface area contributed by atoms with Crippen LogP contribution in [0.2, 0.25) is 0 Å². The molecule has 0 saturated carbocycles. The number of carbonyl (C=O) groups is 1. The monoisotopic (exact) mass is 593 g/mol. The van der Waals surface area contributed by atoms with Crippen molar-refractivity contribution in [1.29, 1.82) is 0 Å². The Labute approximate surface area is 258 Å². The topological polar surface area (TPSA) is 92.6 Å². The summed E-state index contributed by atoms with van der Waals surface area (Å²) >= 11 is 0. The molecular weight excluding hydrogens is 554 g/mol. The van der Waals surface area contributed by atoms with Gasteiger partial charge in [0.25, 0.3) is 5.91 Å². The minimum Gasteiger partial charge on any atom is -0.497 e. The Hall–Kier alpha value is -4.82. The highest BCUT2D eigenvalue weighted by Crippen LogP contribution is 2.43. The summed E-state index contributed by atoms with van der Waals surface area (Å²) in [6.07, 6.45) is 0.161. The second-order valence-corrected chi connectivity index (χ2v) is 11.0. The second-order valence-electron chi connectivity index (χ2n) is 11.0. The molecule has 8 nitrogen and oxygen atoms in total. The van der Waals surface area contributed by atoms with E-state index in [1.807, 2.05) is 122 Å². The number of anilines is 1. The maximum atomic E-state index is 14.5. The minimum absolute atomic E-state index is 0.0708. The van der Waals surface area contributed by atoms with Crippen LogP contribution in [-0.2, 0) is 22.5 Å². The van der Waals surface area contributed by atoms with Gasteiger partial charge in [0.2, 0.25) is 5.90 Å². The third-order valence-corrected chi connectivity index (χ3v) is 7.65. The van der Waals surface area contributed by atoms with Crippen molar-refractivity contribution in [2.24, 2.45) is 4.99 Å². The summed E-state index contributed by atoms with van der Waals surface area (Å²) in [5, 5.41) is 12.2. The van der Waals surface area contributed by atoms with E-state index in [9.17, 15) is 4.79 Å². The van der Waals surface area contributed by atoms with Gasteiger partial charge in [0.15, 0.2) is 11.6 Å². The molecule has 0 aromatic heterocycles. The number of carbonyl (C=O) groups excluding carboxylic acids is 1. The highest BCUT2D eigenvalue weighted by atomic mass is 16.5. The van der Waals surface area contributed by atoms with Crippen LogP contribution in [-0.4, -0.2) is 56.9 Å². The standard InChI is InChI=1S/C36H39N3O5/c1-39(2)30-17-13-27(14-18-30)25-37-35(41)36(24-26-9-5-4-6-10-26)33(29-11-7-12-32(23-29)42-3)44-34(38-36)28-15-19-31(20-16-28)43-22-8-21-40/h4-7,9-20,23,33,40H,8,21-22,24-25H2,1-3H3,(H,37,41)/t33-,36-/m1/s1. The van der Waals surface area contributed by atoms with Gasteiger partial charge in [0.1, 0.15) is 11.5 Å². The molecule has 0 spiro atoms. The minimum atomic E-state index is -1.30. The lowest BCUT2D eigenvalue weighted by Gasteiger charge is -2.31. The number of aliphatic imine (C=N–C) groups is 1. The molecule has 1 amide bonds. The molecule has 0 unspecified atom stereocenters. The predicted molar refractivity (Wildman–Crippen MR) is 172 cm³/mol. The highest BCUT2D eigenvalue weighted by Gasteiger charge is 2.53. The molecule has 8 heteroatoms. The molecule has 0 radical (unpaired) electrons. The van der Waals surface area contributed by atoms with Gasteiger partial charge in [0.05, 0.1) is 13.7 Å². The van der Waals surface area contributed by atoms with Crippen LogP contribution in [0.3, 0.4) is 0 Å². The van der Waals surface area contributed by atoms with Crippen LogP contribution in [0, 0.1) is 0 Å². The van der Waals surface area contributed by atoms with Crippen LogP contribution in [0.4, 0.5) is 5.69 Å². The summed E-state index contributed by atoms with van der Waals surface area (Å²) in [4.78, 5) is 21.6. The van der Waals surface area contributed by atoms with E-state index < -0.39 is 11.6 Å². The average Bonchev–Trinajstić information content (AvgIpc) is 3.45. The van der Waals surface area contributed by atoms with Gasteiger partial charge in [0, 0.05) is 51.3 Å². The molecule has 2 N–H and O–H groups in total. The zero-order chi connectivity index (χ0) is 30.9. The van der Waals surface area contributed by atoms with Gasteiger partial charge in [-0.3, -0.25) is 4.79 Å². The van der Waals surface area contributed by atoms with E-state index in [2.05, 4.69) is 5.32 Å². The summed E-state index contributed by atoms with van der Waals surface area (Å²) < 4.78 is 17.9. The Morgan fingerprint density at radius 2 is 1.68 bits per heavy atom. The van der Waals surface area contributed by atoms with Gasteiger partial charge in [-0.2, -0.15) is 0 Å². The summed E-state index contributed by atoms with van der Waals surface area (Å²) in [6.45, 7) is 0.837. The Balaban J connectivity index is 1.53. The molecule has 4 aromatic carbocycles. The van der Waals surface area contributed by atoms with E-state index in [4.69, 9.17) is 24.3 Å². The fourth-order valence-electron chi connectivity index (χ4n) is 5.24. The van der Waals surface area contributed by atoms with E-state index in [1.165, 1.54) is 0 Å². The average molecular weight is 594 g/mol. The third-order valence-electron chi connectivity index (χ3n) is 7.65. The quantitative estimate of drug-likeness (QED) is 0.204. The Kier molecular flexibility index (Phi) is 9.82. The van der Waals surface area contributed by atoms with Gasteiger partial charge in [-0.25, -0.2) is 4.99 Å². The highest BCUT2D eigenvalue weighted by molar-refractivity contribution is 6.01. The summed E-state index contributed by atoms with van der Waals surface area (Å²) in [7, 11) is 5.61. The second kappa shape index (κ2) is 14.1. The third kappa shape index (κ3) is 7.03. The smallest absolute Gasteiger partial charge is 0.252 e. The summed E-state index contributed by atoms with van der Waals surface area (Å²) in [5.41, 5.74) is 3.25. The number of nitrogens with zero attached hydrogens (tertiary/aromatic N) is 2. The Morgan fingerprint density at radius 3 is 2.36 bits per heavy atom. The lowest BCUT2D eigenvalue weighted by molar-refractivity contribution is -0.129. The van der Waals surface area contributed by atoms with Crippen molar-refractivity contribution in [1.82, 2.24) is 5.32 Å². The zero-order valence-corrected chi connectivity index (χ0v) is 25.4. The number of benzene rings is 4. The maximum absolute atomic E-state index is 14.5. The number of aliphatic hydroxyl groups is 1. The fourth-order valence-corrected chi connectivity index (χ4v) is 5.24.